The van der Waals surface area contributed by atoms with Gasteiger partial charge in [0.15, 0.2) is 9.84 Å². The fourth-order valence-electron chi connectivity index (χ4n) is 2.88. The molecule has 7 heteroatoms. The monoisotopic (exact) mass is 369 g/mol. The van der Waals surface area contributed by atoms with Crippen molar-refractivity contribution in [3.05, 3.63) is 29.8 Å². The van der Waals surface area contributed by atoms with Crippen LogP contribution in [0.15, 0.2) is 24.3 Å². The Hall–Kier alpha value is -1.60. The maximum atomic E-state index is 12.2. The summed E-state index contributed by atoms with van der Waals surface area (Å²) in [6.07, 6.45) is 0.543. The minimum Gasteiger partial charge on any atom is -0.497 e. The summed E-state index contributed by atoms with van der Waals surface area (Å²) in [6.45, 7) is 6.02. The molecule has 2 rings (SSSR count). The van der Waals surface area contributed by atoms with Crippen molar-refractivity contribution >= 4 is 15.8 Å². The number of carbonyl (C=O) groups excluding carboxylic acids is 1. The second-order valence-corrected chi connectivity index (χ2v) is 9.63. The highest BCUT2D eigenvalue weighted by molar-refractivity contribution is 7.91. The van der Waals surface area contributed by atoms with Crippen LogP contribution >= 0.6 is 0 Å². The maximum absolute atomic E-state index is 12.2. The first-order valence-electron chi connectivity index (χ1n) is 8.37. The van der Waals surface area contributed by atoms with Crippen LogP contribution in [0.1, 0.15) is 32.8 Å². The molecule has 6 nitrogen and oxygen atoms in total. The van der Waals surface area contributed by atoms with E-state index in [0.717, 1.165) is 11.3 Å². The van der Waals surface area contributed by atoms with Gasteiger partial charge in [0.25, 0.3) is 0 Å². The van der Waals surface area contributed by atoms with Crippen LogP contribution in [0.5, 0.6) is 5.75 Å². The molecule has 1 atom stereocenters. The van der Waals surface area contributed by atoms with Crippen LogP contribution in [0.25, 0.3) is 0 Å². The third-order valence-corrected chi connectivity index (χ3v) is 5.77. The molecule has 0 aromatic heterocycles. The van der Waals surface area contributed by atoms with Gasteiger partial charge in [0, 0.05) is 12.6 Å². The minimum absolute atomic E-state index is 0.0729. The lowest BCUT2D eigenvalue weighted by atomic mass is 10.1. The molecule has 0 N–H and O–H groups in total. The molecule has 0 bridgehead atoms. The molecule has 0 spiro atoms. The van der Waals surface area contributed by atoms with Gasteiger partial charge < -0.3 is 9.47 Å². The Balaban J connectivity index is 2.12. The molecule has 25 heavy (non-hydrogen) atoms. The molecule has 1 aliphatic heterocycles. The molecule has 1 aromatic rings. The van der Waals surface area contributed by atoms with Crippen LogP contribution in [0.3, 0.4) is 0 Å². The number of nitrogens with zero attached hydrogens (tertiary/aromatic N) is 1. The van der Waals surface area contributed by atoms with E-state index in [0.29, 0.717) is 13.0 Å². The summed E-state index contributed by atoms with van der Waals surface area (Å²) >= 11 is 0. The Morgan fingerprint density at radius 3 is 2.36 bits per heavy atom. The molecule has 0 saturated carbocycles. The number of sulfone groups is 1. The van der Waals surface area contributed by atoms with Gasteiger partial charge in [-0.05, 0) is 44.9 Å². The Bertz CT molecular complexity index is 691. The lowest BCUT2D eigenvalue weighted by Crippen LogP contribution is -2.41. The lowest BCUT2D eigenvalue weighted by molar-refractivity contribution is -0.156. The molecular weight excluding hydrogens is 342 g/mol. The topological polar surface area (TPSA) is 72.9 Å². The predicted octanol–water partition coefficient (Wildman–Crippen LogP) is 2.03. The van der Waals surface area contributed by atoms with Crippen molar-refractivity contribution in [1.82, 2.24) is 4.90 Å². The van der Waals surface area contributed by atoms with Gasteiger partial charge >= 0.3 is 5.97 Å². The Labute approximate surface area is 150 Å². The van der Waals surface area contributed by atoms with Crippen molar-refractivity contribution < 1.29 is 22.7 Å². The Morgan fingerprint density at radius 1 is 1.24 bits per heavy atom. The number of carbonyl (C=O) groups is 1. The molecule has 1 aliphatic rings. The first-order valence-corrected chi connectivity index (χ1v) is 10.2. The van der Waals surface area contributed by atoms with E-state index in [4.69, 9.17) is 9.47 Å². The van der Waals surface area contributed by atoms with Gasteiger partial charge in [0.1, 0.15) is 11.4 Å². The number of rotatable bonds is 6. The van der Waals surface area contributed by atoms with E-state index in [1.807, 2.05) is 49.9 Å². The summed E-state index contributed by atoms with van der Waals surface area (Å²) in [6, 6.07) is 7.38. The zero-order chi connectivity index (χ0) is 18.7. The summed E-state index contributed by atoms with van der Waals surface area (Å²) in [5.74, 6) is 0.674. The van der Waals surface area contributed by atoms with Crippen LogP contribution < -0.4 is 4.74 Å². The van der Waals surface area contributed by atoms with Crippen molar-refractivity contribution in [1.29, 1.82) is 0 Å². The first kappa shape index (κ1) is 19.7. The summed E-state index contributed by atoms with van der Waals surface area (Å²) in [4.78, 5) is 14.1. The fourth-order valence-corrected chi connectivity index (χ4v) is 4.64. The number of ether oxygens (including phenoxy) is 2. The van der Waals surface area contributed by atoms with Gasteiger partial charge in [-0.25, -0.2) is 8.42 Å². The number of methoxy groups -OCH3 is 1. The first-order chi connectivity index (χ1) is 11.6. The quantitative estimate of drug-likeness (QED) is 0.715. The largest absolute Gasteiger partial charge is 0.497 e. The Morgan fingerprint density at radius 2 is 1.88 bits per heavy atom. The molecule has 0 unspecified atom stereocenters. The van der Waals surface area contributed by atoms with Gasteiger partial charge in [-0.3, -0.25) is 9.69 Å². The molecule has 0 aliphatic carbocycles. The molecule has 1 fully saturated rings. The van der Waals surface area contributed by atoms with Gasteiger partial charge in [-0.15, -0.1) is 0 Å². The average Bonchev–Trinajstić information content (AvgIpc) is 2.85. The highest BCUT2D eigenvalue weighted by Crippen LogP contribution is 2.21. The SMILES string of the molecule is COc1ccc(CN(CC(=O)OC(C)(C)C)[C@H]2CCS(=O)(=O)C2)cc1. The smallest absolute Gasteiger partial charge is 0.320 e. The molecule has 0 radical (unpaired) electrons. The van der Waals surface area contributed by atoms with Gasteiger partial charge in [-0.2, -0.15) is 0 Å². The van der Waals surface area contributed by atoms with E-state index in [-0.39, 0.29) is 30.1 Å². The van der Waals surface area contributed by atoms with E-state index in [2.05, 4.69) is 0 Å². The average molecular weight is 369 g/mol. The lowest BCUT2D eigenvalue weighted by Gasteiger charge is -2.29. The van der Waals surface area contributed by atoms with Gasteiger partial charge in [0.05, 0.1) is 25.2 Å². The van der Waals surface area contributed by atoms with Crippen LogP contribution in [-0.4, -0.2) is 56.1 Å². The van der Waals surface area contributed by atoms with Crippen LogP contribution in [0.4, 0.5) is 0 Å². The molecule has 1 aromatic carbocycles. The number of esters is 1. The number of hydrogen-bond acceptors (Lipinski definition) is 6. The molecule has 140 valence electrons. The van der Waals surface area contributed by atoms with E-state index < -0.39 is 15.4 Å². The van der Waals surface area contributed by atoms with Gasteiger partial charge in [0.2, 0.25) is 0 Å². The minimum atomic E-state index is -3.03. The zero-order valence-corrected chi connectivity index (χ0v) is 16.1. The molecule has 0 amide bonds. The third-order valence-electron chi connectivity index (χ3n) is 4.02. The van der Waals surface area contributed by atoms with Crippen LogP contribution in [0.2, 0.25) is 0 Å². The van der Waals surface area contributed by atoms with Crippen LogP contribution in [-0.2, 0) is 25.9 Å². The van der Waals surface area contributed by atoms with E-state index in [1.165, 1.54) is 0 Å². The van der Waals surface area contributed by atoms with E-state index in [9.17, 15) is 13.2 Å². The van der Waals surface area contributed by atoms with E-state index in [1.54, 1.807) is 7.11 Å². The normalized spacial score (nSPS) is 19.8. The summed E-state index contributed by atoms with van der Waals surface area (Å²) < 4.78 is 34.2. The second kappa shape index (κ2) is 7.74. The Kier molecular flexibility index (Phi) is 6.11. The summed E-state index contributed by atoms with van der Waals surface area (Å²) in [5, 5.41) is 0. The highest BCUT2D eigenvalue weighted by Gasteiger charge is 2.33. The van der Waals surface area contributed by atoms with Gasteiger partial charge in [-0.1, -0.05) is 12.1 Å². The van der Waals surface area contributed by atoms with Crippen LogP contribution in [0, 0.1) is 0 Å². The predicted molar refractivity (Wildman–Crippen MR) is 96.3 cm³/mol. The van der Waals surface area contributed by atoms with Crippen molar-refractivity contribution in [2.75, 3.05) is 25.2 Å². The molecule has 1 saturated heterocycles. The number of hydrogen-bond donors (Lipinski definition) is 0. The standard InChI is InChI=1S/C18H27NO5S/c1-18(2,3)24-17(20)12-19(15-9-10-25(21,22)13-15)11-14-5-7-16(23-4)8-6-14/h5-8,15H,9-13H2,1-4H3/t15-/m0/s1. The third kappa shape index (κ3) is 6.32. The van der Waals surface area contributed by atoms with Crippen molar-refractivity contribution in [3.63, 3.8) is 0 Å². The fraction of sp³-hybridized carbons (Fsp3) is 0.611. The summed E-state index contributed by atoms with van der Waals surface area (Å²) in [5.41, 5.74) is 0.429. The summed E-state index contributed by atoms with van der Waals surface area (Å²) in [7, 11) is -1.42. The molecular formula is C18H27NO5S. The van der Waals surface area contributed by atoms with Crippen molar-refractivity contribution in [2.45, 2.75) is 45.4 Å². The number of benzene rings is 1. The molecule has 1 heterocycles. The zero-order valence-electron chi connectivity index (χ0n) is 15.3. The van der Waals surface area contributed by atoms with E-state index >= 15 is 0 Å². The second-order valence-electron chi connectivity index (χ2n) is 7.40. The maximum Gasteiger partial charge on any atom is 0.320 e. The highest BCUT2D eigenvalue weighted by atomic mass is 32.2. The van der Waals surface area contributed by atoms with Crippen molar-refractivity contribution in [3.8, 4) is 5.75 Å². The van der Waals surface area contributed by atoms with Crippen molar-refractivity contribution in [2.24, 2.45) is 0 Å².